The first kappa shape index (κ1) is 18.1. The molecule has 0 unspecified atom stereocenters. The molecule has 0 saturated heterocycles. The number of carbonyl (C=O) groups is 1. The second-order valence-corrected chi connectivity index (χ2v) is 7.36. The van der Waals surface area contributed by atoms with Crippen LogP contribution in [0, 0.1) is 0 Å². The summed E-state index contributed by atoms with van der Waals surface area (Å²) in [4.78, 5) is 12.2. The maximum atomic E-state index is 12.2. The minimum absolute atomic E-state index is 0.000494. The highest BCUT2D eigenvalue weighted by Gasteiger charge is 2.18. The summed E-state index contributed by atoms with van der Waals surface area (Å²) in [6.07, 6.45) is 0. The molecule has 0 aliphatic carbocycles. The van der Waals surface area contributed by atoms with E-state index in [-0.39, 0.29) is 17.9 Å². The van der Waals surface area contributed by atoms with Gasteiger partial charge < -0.3 is 10.1 Å². The lowest BCUT2D eigenvalue weighted by Gasteiger charge is -2.23. The van der Waals surface area contributed by atoms with Gasteiger partial charge in [-0.2, -0.15) is 0 Å². The van der Waals surface area contributed by atoms with Crippen molar-refractivity contribution in [3.05, 3.63) is 59.7 Å². The zero-order valence-corrected chi connectivity index (χ0v) is 15.2. The van der Waals surface area contributed by atoms with Crippen molar-refractivity contribution < 1.29 is 9.53 Å². The van der Waals surface area contributed by atoms with Crippen molar-refractivity contribution in [2.45, 2.75) is 46.0 Å². The number of rotatable bonds is 5. The Kier molecular flexibility index (Phi) is 5.66. The zero-order valence-electron chi connectivity index (χ0n) is 15.2. The summed E-state index contributed by atoms with van der Waals surface area (Å²) in [5, 5.41) is 2.95. The summed E-state index contributed by atoms with van der Waals surface area (Å²) in [5.41, 5.74) is 3.18. The first-order chi connectivity index (χ1) is 11.3. The summed E-state index contributed by atoms with van der Waals surface area (Å²) in [6.45, 7) is 10.7. The van der Waals surface area contributed by atoms with Gasteiger partial charge in [-0.25, -0.2) is 0 Å². The van der Waals surface area contributed by atoms with E-state index in [0.717, 1.165) is 11.3 Å². The predicted molar refractivity (Wildman–Crippen MR) is 99.8 cm³/mol. The van der Waals surface area contributed by atoms with Crippen LogP contribution in [0.5, 0.6) is 5.75 Å². The third kappa shape index (κ3) is 4.85. The van der Waals surface area contributed by atoms with Crippen molar-refractivity contribution in [1.82, 2.24) is 0 Å². The molecule has 3 nitrogen and oxygen atoms in total. The fourth-order valence-corrected chi connectivity index (χ4v) is 2.53. The minimum Gasteiger partial charge on any atom is -0.484 e. The molecule has 0 fully saturated rings. The third-order valence-corrected chi connectivity index (χ3v) is 3.93. The number of hydrogen-bond donors (Lipinski definition) is 1. The van der Waals surface area contributed by atoms with Crippen LogP contribution in [-0.2, 0) is 10.2 Å². The maximum absolute atomic E-state index is 12.2. The molecular formula is C21H27NO2. The van der Waals surface area contributed by atoms with Crippen molar-refractivity contribution in [3.8, 4) is 5.75 Å². The summed E-state index contributed by atoms with van der Waals surface area (Å²) in [5.74, 6) is 1.04. The van der Waals surface area contributed by atoms with Gasteiger partial charge in [-0.05, 0) is 40.7 Å². The molecule has 0 heterocycles. The van der Waals surface area contributed by atoms with Gasteiger partial charge in [-0.1, -0.05) is 65.0 Å². The molecule has 0 bridgehead atoms. The molecule has 0 spiro atoms. The van der Waals surface area contributed by atoms with Crippen LogP contribution in [-0.4, -0.2) is 12.5 Å². The van der Waals surface area contributed by atoms with Gasteiger partial charge in [0.2, 0.25) is 0 Å². The first-order valence-corrected chi connectivity index (χ1v) is 8.39. The van der Waals surface area contributed by atoms with Crippen molar-refractivity contribution in [2.24, 2.45) is 0 Å². The number of amides is 1. The lowest BCUT2D eigenvalue weighted by molar-refractivity contribution is -0.118. The lowest BCUT2D eigenvalue weighted by atomic mass is 9.86. The molecule has 2 rings (SSSR count). The summed E-state index contributed by atoms with van der Waals surface area (Å²) < 4.78 is 5.59. The van der Waals surface area contributed by atoms with Gasteiger partial charge in [0, 0.05) is 5.69 Å². The molecule has 24 heavy (non-hydrogen) atoms. The summed E-state index contributed by atoms with van der Waals surface area (Å²) in [7, 11) is 0. The van der Waals surface area contributed by atoms with Gasteiger partial charge >= 0.3 is 0 Å². The van der Waals surface area contributed by atoms with E-state index in [2.05, 4.69) is 39.9 Å². The van der Waals surface area contributed by atoms with E-state index in [1.54, 1.807) is 0 Å². The maximum Gasteiger partial charge on any atom is 0.262 e. The van der Waals surface area contributed by atoms with Crippen LogP contribution in [0.1, 0.15) is 51.7 Å². The number of anilines is 1. The van der Waals surface area contributed by atoms with Crippen molar-refractivity contribution in [3.63, 3.8) is 0 Å². The number of hydrogen-bond acceptors (Lipinski definition) is 2. The van der Waals surface area contributed by atoms with Gasteiger partial charge in [0.1, 0.15) is 5.75 Å². The van der Waals surface area contributed by atoms with Crippen LogP contribution < -0.4 is 10.1 Å². The fourth-order valence-electron chi connectivity index (χ4n) is 2.53. The molecule has 0 saturated carbocycles. The van der Waals surface area contributed by atoms with Crippen molar-refractivity contribution in [1.29, 1.82) is 0 Å². The van der Waals surface area contributed by atoms with Crippen LogP contribution in [0.3, 0.4) is 0 Å². The summed E-state index contributed by atoms with van der Waals surface area (Å²) >= 11 is 0. The van der Waals surface area contributed by atoms with Crippen LogP contribution >= 0.6 is 0 Å². The van der Waals surface area contributed by atoms with E-state index in [9.17, 15) is 4.79 Å². The fraction of sp³-hybridized carbons (Fsp3) is 0.381. The number of benzene rings is 2. The molecule has 3 heteroatoms. The van der Waals surface area contributed by atoms with E-state index in [0.29, 0.717) is 11.7 Å². The monoisotopic (exact) mass is 325 g/mol. The van der Waals surface area contributed by atoms with Crippen LogP contribution in [0.4, 0.5) is 5.69 Å². The smallest absolute Gasteiger partial charge is 0.262 e. The quantitative estimate of drug-likeness (QED) is 0.828. The van der Waals surface area contributed by atoms with E-state index in [1.165, 1.54) is 5.56 Å². The molecule has 2 aromatic rings. The van der Waals surface area contributed by atoms with E-state index in [4.69, 9.17) is 4.74 Å². The number of para-hydroxylation sites is 1. The Hall–Kier alpha value is -2.29. The molecule has 0 aromatic heterocycles. The Balaban J connectivity index is 1.97. The Morgan fingerprint density at radius 1 is 1.04 bits per heavy atom. The highest BCUT2D eigenvalue weighted by atomic mass is 16.5. The molecule has 0 atom stereocenters. The third-order valence-electron chi connectivity index (χ3n) is 3.93. The molecule has 1 N–H and O–H groups in total. The van der Waals surface area contributed by atoms with E-state index < -0.39 is 0 Å². The van der Waals surface area contributed by atoms with Crippen LogP contribution in [0.25, 0.3) is 0 Å². The summed E-state index contributed by atoms with van der Waals surface area (Å²) in [6, 6.07) is 15.8. The van der Waals surface area contributed by atoms with Crippen LogP contribution in [0.2, 0.25) is 0 Å². The average Bonchev–Trinajstić information content (AvgIpc) is 2.53. The normalized spacial score (nSPS) is 11.4. The van der Waals surface area contributed by atoms with Gasteiger partial charge in [-0.3, -0.25) is 4.79 Å². The molecule has 1 amide bonds. The Morgan fingerprint density at radius 3 is 2.25 bits per heavy atom. The molecule has 0 aliphatic heterocycles. The molecule has 0 aliphatic rings. The Bertz CT molecular complexity index is 682. The van der Waals surface area contributed by atoms with Gasteiger partial charge in [0.05, 0.1) is 0 Å². The lowest BCUT2D eigenvalue weighted by Crippen LogP contribution is -2.23. The molecule has 0 radical (unpaired) electrons. The second-order valence-electron chi connectivity index (χ2n) is 7.36. The van der Waals surface area contributed by atoms with E-state index >= 15 is 0 Å². The highest BCUT2D eigenvalue weighted by Crippen LogP contribution is 2.29. The number of ether oxygens (including phenoxy) is 1. The van der Waals surface area contributed by atoms with Gasteiger partial charge in [0.25, 0.3) is 5.91 Å². The van der Waals surface area contributed by atoms with Crippen molar-refractivity contribution >= 4 is 11.6 Å². The Morgan fingerprint density at radius 2 is 1.67 bits per heavy atom. The van der Waals surface area contributed by atoms with Crippen molar-refractivity contribution in [2.75, 3.05) is 11.9 Å². The molecule has 2 aromatic carbocycles. The van der Waals surface area contributed by atoms with Gasteiger partial charge in [0.15, 0.2) is 6.61 Å². The molecular weight excluding hydrogens is 298 g/mol. The second kappa shape index (κ2) is 7.52. The predicted octanol–water partition coefficient (Wildman–Crippen LogP) is 5.13. The van der Waals surface area contributed by atoms with Crippen LogP contribution in [0.15, 0.2) is 48.5 Å². The highest BCUT2D eigenvalue weighted by molar-refractivity contribution is 5.92. The zero-order chi connectivity index (χ0) is 17.7. The largest absolute Gasteiger partial charge is 0.484 e. The standard InChI is InChI=1S/C21H27NO2/c1-15(2)16-10-12-17(13-11-16)24-14-20(23)22-19-9-7-6-8-18(19)21(3,4)5/h6-13,15H,14H2,1-5H3,(H,22,23). The first-order valence-electron chi connectivity index (χ1n) is 8.39. The SMILES string of the molecule is CC(C)c1ccc(OCC(=O)Nc2ccccc2C(C)(C)C)cc1. The molecule has 128 valence electrons. The van der Waals surface area contributed by atoms with Gasteiger partial charge in [-0.15, -0.1) is 0 Å². The topological polar surface area (TPSA) is 38.3 Å². The number of nitrogens with one attached hydrogen (secondary N) is 1. The number of carbonyl (C=O) groups excluding carboxylic acids is 1. The Labute approximate surface area is 145 Å². The van der Waals surface area contributed by atoms with E-state index in [1.807, 2.05) is 48.5 Å². The minimum atomic E-state index is -0.153. The average molecular weight is 325 g/mol.